The van der Waals surface area contributed by atoms with E-state index in [4.69, 9.17) is 13.3 Å². The Balaban J connectivity index is 3.04. The van der Waals surface area contributed by atoms with E-state index in [9.17, 15) is 26.7 Å². The van der Waals surface area contributed by atoms with Crippen LogP contribution >= 0.6 is 0 Å². The minimum atomic E-state index is -3.53. The van der Waals surface area contributed by atoms with E-state index in [1.807, 2.05) is 0 Å². The highest BCUT2D eigenvalue weighted by Crippen LogP contribution is 2.29. The smallest absolute Gasteiger partial charge is 0.404 e. The number of carbonyl (C=O) groups excluding carboxylic acids is 1. The average molecular weight is 445 g/mol. The summed E-state index contributed by atoms with van der Waals surface area (Å²) in [5.74, 6) is -13.1. The normalized spacial score (nSPS) is 12.2. The van der Waals surface area contributed by atoms with Gasteiger partial charge in [-0.25, -0.2) is 18.0 Å². The fourth-order valence-electron chi connectivity index (χ4n) is 2.27. The first-order chi connectivity index (χ1) is 13.3. The Morgan fingerprint density at radius 1 is 0.759 bits per heavy atom. The van der Waals surface area contributed by atoms with E-state index in [-0.39, 0.29) is 24.5 Å². The topological polar surface area (TPSA) is 66.0 Å². The van der Waals surface area contributed by atoms with Crippen molar-refractivity contribution >= 4 is 14.9 Å². The summed E-state index contributed by atoms with van der Waals surface area (Å²) in [4.78, 5) is 12.0. The molecule has 12 heteroatoms. The Morgan fingerprint density at radius 2 is 1.10 bits per heavy atom. The van der Waals surface area contributed by atoms with Crippen LogP contribution in [0, 0.1) is 29.1 Å². The van der Waals surface area contributed by atoms with Gasteiger partial charge in [0, 0.05) is 18.3 Å². The third kappa shape index (κ3) is 6.91. The van der Waals surface area contributed by atoms with Crippen molar-refractivity contribution in [2.24, 2.45) is 0 Å². The van der Waals surface area contributed by atoms with E-state index < -0.39 is 49.7 Å². The summed E-state index contributed by atoms with van der Waals surface area (Å²) in [7, 11) is -3.53. The first kappa shape index (κ1) is 25.3. The second-order valence-electron chi connectivity index (χ2n) is 6.82. The molecule has 0 aliphatic rings. The molecule has 0 fully saturated rings. The number of hydrogen-bond donors (Lipinski definition) is 1. The van der Waals surface area contributed by atoms with Gasteiger partial charge in [-0.15, -0.1) is 0 Å². The standard InChI is InChI=1S/C17H24F5NO5Si/c1-8(2)26-29(27-9(3)4,28-10(5)6)7-23-17(24)25-16-14(21)12(19)11(18)13(20)15(16)22/h8-10H,7H2,1-6H3,(H,23,24). The molecule has 0 aliphatic heterocycles. The number of carbonyl (C=O) groups is 1. The van der Waals surface area contributed by atoms with Crippen molar-refractivity contribution in [3.05, 3.63) is 29.1 Å². The van der Waals surface area contributed by atoms with Gasteiger partial charge in [0.25, 0.3) is 0 Å². The highest BCUT2D eigenvalue weighted by Gasteiger charge is 2.45. The van der Waals surface area contributed by atoms with Gasteiger partial charge in [-0.1, -0.05) is 0 Å². The summed E-state index contributed by atoms with van der Waals surface area (Å²) in [6.07, 6.45) is -2.90. The molecule has 166 valence electrons. The molecule has 0 atom stereocenters. The lowest BCUT2D eigenvalue weighted by Gasteiger charge is -2.34. The summed E-state index contributed by atoms with van der Waals surface area (Å²) < 4.78 is 88.5. The van der Waals surface area contributed by atoms with Crippen LogP contribution in [0.15, 0.2) is 0 Å². The summed E-state index contributed by atoms with van der Waals surface area (Å²) in [5.41, 5.74) is 0. The largest absolute Gasteiger partial charge is 0.522 e. The van der Waals surface area contributed by atoms with Gasteiger partial charge in [-0.3, -0.25) is 0 Å². The zero-order chi connectivity index (χ0) is 22.5. The van der Waals surface area contributed by atoms with Gasteiger partial charge in [0.2, 0.25) is 34.8 Å². The maximum Gasteiger partial charge on any atom is 0.522 e. The fourth-order valence-corrected chi connectivity index (χ4v) is 5.20. The summed E-state index contributed by atoms with van der Waals surface area (Å²) in [6.45, 7) is 10.3. The Labute approximate surface area is 166 Å². The molecular formula is C17H24F5NO5Si. The molecule has 0 bridgehead atoms. The van der Waals surface area contributed by atoms with Crippen LogP contribution in [0.5, 0.6) is 5.75 Å². The lowest BCUT2D eigenvalue weighted by molar-refractivity contribution is 0.00259. The van der Waals surface area contributed by atoms with Crippen LogP contribution in [0.3, 0.4) is 0 Å². The molecular weight excluding hydrogens is 421 g/mol. The molecule has 0 radical (unpaired) electrons. The van der Waals surface area contributed by atoms with E-state index in [2.05, 4.69) is 10.1 Å². The van der Waals surface area contributed by atoms with Crippen molar-refractivity contribution in [3.8, 4) is 5.75 Å². The molecule has 0 unspecified atom stereocenters. The molecule has 1 amide bonds. The van der Waals surface area contributed by atoms with E-state index in [1.54, 1.807) is 41.5 Å². The maximum atomic E-state index is 13.7. The first-order valence-corrected chi connectivity index (χ1v) is 10.7. The summed E-state index contributed by atoms with van der Waals surface area (Å²) in [5, 5.41) is 2.15. The molecule has 1 aromatic carbocycles. The Bertz CT molecular complexity index is 677. The fraction of sp³-hybridized carbons (Fsp3) is 0.588. The molecule has 0 spiro atoms. The van der Waals surface area contributed by atoms with Crippen LogP contribution in [0.4, 0.5) is 26.7 Å². The SMILES string of the molecule is CC(C)O[Si](CNC(=O)Oc1c(F)c(F)c(F)c(F)c1F)(OC(C)C)OC(C)C. The second-order valence-corrected chi connectivity index (χ2v) is 9.25. The van der Waals surface area contributed by atoms with Crippen LogP contribution < -0.4 is 10.1 Å². The molecule has 29 heavy (non-hydrogen) atoms. The highest BCUT2D eigenvalue weighted by molar-refractivity contribution is 6.61. The van der Waals surface area contributed by atoms with Gasteiger partial charge in [0.15, 0.2) is 0 Å². The zero-order valence-electron chi connectivity index (χ0n) is 16.9. The van der Waals surface area contributed by atoms with Gasteiger partial charge < -0.3 is 23.3 Å². The molecule has 0 saturated carbocycles. The number of halogens is 5. The van der Waals surface area contributed by atoms with E-state index in [1.165, 1.54) is 0 Å². The van der Waals surface area contributed by atoms with Crippen LogP contribution in [-0.4, -0.2) is 39.4 Å². The van der Waals surface area contributed by atoms with Crippen molar-refractivity contribution in [1.82, 2.24) is 5.32 Å². The number of rotatable bonds is 9. The minimum Gasteiger partial charge on any atom is -0.404 e. The van der Waals surface area contributed by atoms with E-state index in [0.717, 1.165) is 0 Å². The number of amides is 1. The van der Waals surface area contributed by atoms with Crippen LogP contribution in [0.1, 0.15) is 41.5 Å². The number of nitrogens with one attached hydrogen (secondary N) is 1. The van der Waals surface area contributed by atoms with Gasteiger partial charge in [-0.2, -0.15) is 8.78 Å². The number of benzene rings is 1. The average Bonchev–Trinajstić information content (AvgIpc) is 2.58. The minimum absolute atomic E-state index is 0.354. The van der Waals surface area contributed by atoms with Gasteiger partial charge in [0.05, 0.1) is 6.17 Å². The quantitative estimate of drug-likeness (QED) is 0.267. The molecule has 0 saturated heterocycles. The first-order valence-electron chi connectivity index (χ1n) is 8.80. The molecule has 1 rings (SSSR count). The molecule has 0 aliphatic carbocycles. The van der Waals surface area contributed by atoms with Crippen molar-refractivity contribution in [3.63, 3.8) is 0 Å². The molecule has 1 aromatic rings. The Kier molecular flexibility index (Phi) is 9.00. The van der Waals surface area contributed by atoms with E-state index >= 15 is 0 Å². The van der Waals surface area contributed by atoms with Crippen LogP contribution in [0.25, 0.3) is 0 Å². The van der Waals surface area contributed by atoms with Crippen molar-refractivity contribution in [2.45, 2.75) is 59.9 Å². The summed E-state index contributed by atoms with van der Waals surface area (Å²) >= 11 is 0. The van der Waals surface area contributed by atoms with Gasteiger partial charge >= 0.3 is 14.9 Å². The Hall–Kier alpha value is -1.76. The van der Waals surface area contributed by atoms with E-state index in [0.29, 0.717) is 0 Å². The number of hydrogen-bond acceptors (Lipinski definition) is 5. The highest BCUT2D eigenvalue weighted by atomic mass is 28.4. The van der Waals surface area contributed by atoms with Crippen LogP contribution in [-0.2, 0) is 13.3 Å². The van der Waals surface area contributed by atoms with Crippen molar-refractivity contribution in [2.75, 3.05) is 6.17 Å². The molecule has 6 nitrogen and oxygen atoms in total. The lowest BCUT2D eigenvalue weighted by Crippen LogP contribution is -2.58. The monoisotopic (exact) mass is 445 g/mol. The van der Waals surface area contributed by atoms with Gasteiger partial charge in [0.1, 0.15) is 0 Å². The van der Waals surface area contributed by atoms with Crippen molar-refractivity contribution in [1.29, 1.82) is 0 Å². The lowest BCUT2D eigenvalue weighted by atomic mass is 10.3. The third-order valence-electron chi connectivity index (χ3n) is 3.06. The molecule has 1 N–H and O–H groups in total. The predicted octanol–water partition coefficient (Wildman–Crippen LogP) is 4.22. The second kappa shape index (κ2) is 10.3. The van der Waals surface area contributed by atoms with Gasteiger partial charge in [-0.05, 0) is 41.5 Å². The zero-order valence-corrected chi connectivity index (χ0v) is 17.9. The predicted molar refractivity (Wildman–Crippen MR) is 94.7 cm³/mol. The van der Waals surface area contributed by atoms with Crippen molar-refractivity contribution < 1.29 is 44.8 Å². The maximum absolute atomic E-state index is 13.7. The third-order valence-corrected chi connectivity index (χ3v) is 6.16. The molecule has 0 aromatic heterocycles. The summed E-state index contributed by atoms with van der Waals surface area (Å²) in [6, 6.07) is 0. The number of ether oxygens (including phenoxy) is 1. The Morgan fingerprint density at radius 3 is 1.45 bits per heavy atom. The molecule has 0 heterocycles. The van der Waals surface area contributed by atoms with Crippen LogP contribution in [0.2, 0.25) is 0 Å².